The molecule has 0 unspecified atom stereocenters. The summed E-state index contributed by atoms with van der Waals surface area (Å²) in [5.74, 6) is 0.767. The van der Waals surface area contributed by atoms with E-state index in [-0.39, 0.29) is 11.2 Å². The van der Waals surface area contributed by atoms with Crippen molar-refractivity contribution in [2.24, 2.45) is 5.73 Å². The molecule has 0 aliphatic heterocycles. The number of benzene rings is 1. The minimum atomic E-state index is 0.152. The van der Waals surface area contributed by atoms with Gasteiger partial charge in [-0.1, -0.05) is 6.07 Å². The molecule has 3 N–H and O–H groups in total. The summed E-state index contributed by atoms with van der Waals surface area (Å²) in [6.45, 7) is 3.14. The fourth-order valence-corrected chi connectivity index (χ4v) is 1.88. The zero-order valence-electron chi connectivity index (χ0n) is 8.99. The maximum atomic E-state index is 9.57. The Balaban J connectivity index is 2.30. The molecule has 1 aromatic carbocycles. The average Bonchev–Trinajstić information content (AvgIpc) is 3.02. The summed E-state index contributed by atoms with van der Waals surface area (Å²) in [5, 5.41) is 9.57. The molecule has 15 heavy (non-hydrogen) atoms. The molecule has 3 heteroatoms. The second-order valence-electron chi connectivity index (χ2n) is 4.10. The Morgan fingerprint density at radius 2 is 2.20 bits per heavy atom. The molecule has 0 amide bonds. The van der Waals surface area contributed by atoms with Crippen LogP contribution in [-0.2, 0) is 5.41 Å². The Morgan fingerprint density at radius 1 is 1.47 bits per heavy atom. The van der Waals surface area contributed by atoms with E-state index in [1.165, 1.54) is 5.56 Å². The van der Waals surface area contributed by atoms with Gasteiger partial charge in [-0.2, -0.15) is 0 Å². The molecule has 0 aromatic heterocycles. The standard InChI is InChI=1S/C12H17NO2/c1-2-15-11-7-9(3-4-10(11)14)12(8-13)5-6-12/h3-4,7,14H,2,5-6,8,13H2,1H3. The third kappa shape index (κ3) is 1.79. The van der Waals surface area contributed by atoms with Crippen LogP contribution >= 0.6 is 0 Å². The molecular weight excluding hydrogens is 190 g/mol. The fourth-order valence-electron chi connectivity index (χ4n) is 1.88. The summed E-state index contributed by atoms with van der Waals surface area (Å²) in [6.07, 6.45) is 2.28. The van der Waals surface area contributed by atoms with Gasteiger partial charge in [-0.15, -0.1) is 0 Å². The maximum Gasteiger partial charge on any atom is 0.161 e. The van der Waals surface area contributed by atoms with Crippen LogP contribution < -0.4 is 10.5 Å². The first-order valence-corrected chi connectivity index (χ1v) is 5.38. The Bertz CT molecular complexity index is 359. The Hall–Kier alpha value is -1.22. The van der Waals surface area contributed by atoms with Gasteiger partial charge in [-0.25, -0.2) is 0 Å². The summed E-state index contributed by atoms with van der Waals surface area (Å²) in [5.41, 5.74) is 7.10. The van der Waals surface area contributed by atoms with E-state index in [4.69, 9.17) is 10.5 Å². The van der Waals surface area contributed by atoms with E-state index in [0.717, 1.165) is 12.8 Å². The van der Waals surface area contributed by atoms with Crippen LogP contribution in [0.25, 0.3) is 0 Å². The highest BCUT2D eigenvalue weighted by atomic mass is 16.5. The molecule has 2 rings (SSSR count). The highest BCUT2D eigenvalue weighted by Gasteiger charge is 2.43. The minimum absolute atomic E-state index is 0.152. The van der Waals surface area contributed by atoms with Gasteiger partial charge in [0, 0.05) is 12.0 Å². The highest BCUT2D eigenvalue weighted by Crippen LogP contribution is 2.48. The molecule has 0 atom stereocenters. The van der Waals surface area contributed by atoms with Crippen molar-refractivity contribution < 1.29 is 9.84 Å². The topological polar surface area (TPSA) is 55.5 Å². The molecule has 1 aromatic rings. The smallest absolute Gasteiger partial charge is 0.161 e. The largest absolute Gasteiger partial charge is 0.504 e. The number of ether oxygens (including phenoxy) is 1. The van der Waals surface area contributed by atoms with Crippen LogP contribution in [0.2, 0.25) is 0 Å². The van der Waals surface area contributed by atoms with E-state index < -0.39 is 0 Å². The maximum absolute atomic E-state index is 9.57. The van der Waals surface area contributed by atoms with Gasteiger partial charge < -0.3 is 15.6 Å². The zero-order valence-corrected chi connectivity index (χ0v) is 8.99. The minimum Gasteiger partial charge on any atom is -0.504 e. The van der Waals surface area contributed by atoms with E-state index in [1.807, 2.05) is 19.1 Å². The summed E-state index contributed by atoms with van der Waals surface area (Å²) in [4.78, 5) is 0. The molecule has 0 radical (unpaired) electrons. The van der Waals surface area contributed by atoms with Crippen molar-refractivity contribution in [1.29, 1.82) is 0 Å². The monoisotopic (exact) mass is 207 g/mol. The zero-order chi connectivity index (χ0) is 10.9. The van der Waals surface area contributed by atoms with Crippen molar-refractivity contribution >= 4 is 0 Å². The van der Waals surface area contributed by atoms with Gasteiger partial charge in [0.15, 0.2) is 11.5 Å². The van der Waals surface area contributed by atoms with Crippen molar-refractivity contribution in [1.82, 2.24) is 0 Å². The number of hydrogen-bond acceptors (Lipinski definition) is 3. The number of phenolic OH excluding ortho intramolecular Hbond substituents is 1. The predicted octanol–water partition coefficient (Wildman–Crippen LogP) is 1.78. The molecule has 82 valence electrons. The van der Waals surface area contributed by atoms with Crippen molar-refractivity contribution in [2.75, 3.05) is 13.2 Å². The van der Waals surface area contributed by atoms with Crippen molar-refractivity contribution in [3.05, 3.63) is 23.8 Å². The lowest BCUT2D eigenvalue weighted by Crippen LogP contribution is -2.19. The van der Waals surface area contributed by atoms with Gasteiger partial charge in [0.2, 0.25) is 0 Å². The van der Waals surface area contributed by atoms with Crippen LogP contribution in [0.3, 0.4) is 0 Å². The summed E-state index contributed by atoms with van der Waals surface area (Å²) < 4.78 is 5.35. The quantitative estimate of drug-likeness (QED) is 0.791. The van der Waals surface area contributed by atoms with Crippen molar-refractivity contribution in [3.8, 4) is 11.5 Å². The molecule has 1 saturated carbocycles. The highest BCUT2D eigenvalue weighted by molar-refractivity contribution is 5.46. The van der Waals surface area contributed by atoms with Crippen LogP contribution in [0.1, 0.15) is 25.3 Å². The number of hydrogen-bond donors (Lipinski definition) is 2. The molecule has 0 bridgehead atoms. The lowest BCUT2D eigenvalue weighted by Gasteiger charge is -2.15. The third-order valence-electron chi connectivity index (χ3n) is 3.12. The number of rotatable bonds is 4. The molecule has 3 nitrogen and oxygen atoms in total. The van der Waals surface area contributed by atoms with Crippen LogP contribution in [0.5, 0.6) is 11.5 Å². The summed E-state index contributed by atoms with van der Waals surface area (Å²) >= 11 is 0. The fraction of sp³-hybridized carbons (Fsp3) is 0.500. The molecule has 0 saturated heterocycles. The SMILES string of the molecule is CCOc1cc(C2(CN)CC2)ccc1O. The molecular formula is C12H17NO2. The van der Waals surface area contributed by atoms with E-state index in [2.05, 4.69) is 0 Å². The summed E-state index contributed by atoms with van der Waals surface area (Å²) in [7, 11) is 0. The van der Waals surface area contributed by atoms with Crippen LogP contribution in [0, 0.1) is 0 Å². The first-order chi connectivity index (χ1) is 7.22. The lowest BCUT2D eigenvalue weighted by atomic mass is 9.96. The molecule has 1 fully saturated rings. The normalized spacial score (nSPS) is 17.5. The number of nitrogens with two attached hydrogens (primary N) is 1. The Kier molecular flexibility index (Phi) is 2.57. The van der Waals surface area contributed by atoms with Gasteiger partial charge in [0.1, 0.15) is 0 Å². The second-order valence-corrected chi connectivity index (χ2v) is 4.10. The second kappa shape index (κ2) is 3.74. The molecule has 1 aliphatic rings. The van der Waals surface area contributed by atoms with Crippen LogP contribution in [0.15, 0.2) is 18.2 Å². The van der Waals surface area contributed by atoms with Gasteiger partial charge in [-0.05, 0) is 37.5 Å². The number of phenols is 1. The first kappa shape index (κ1) is 10.3. The van der Waals surface area contributed by atoms with Gasteiger partial charge in [0.25, 0.3) is 0 Å². The molecule has 0 spiro atoms. The first-order valence-electron chi connectivity index (χ1n) is 5.38. The summed E-state index contributed by atoms with van der Waals surface area (Å²) in [6, 6.07) is 5.55. The molecule has 0 heterocycles. The van der Waals surface area contributed by atoms with Gasteiger partial charge in [-0.3, -0.25) is 0 Å². The van der Waals surface area contributed by atoms with Crippen molar-refractivity contribution in [3.63, 3.8) is 0 Å². The number of aromatic hydroxyl groups is 1. The van der Waals surface area contributed by atoms with E-state index in [1.54, 1.807) is 6.07 Å². The van der Waals surface area contributed by atoms with E-state index >= 15 is 0 Å². The van der Waals surface area contributed by atoms with E-state index in [9.17, 15) is 5.11 Å². The van der Waals surface area contributed by atoms with Crippen LogP contribution in [-0.4, -0.2) is 18.3 Å². The molecule has 1 aliphatic carbocycles. The Labute approximate surface area is 89.9 Å². The van der Waals surface area contributed by atoms with Crippen LogP contribution in [0.4, 0.5) is 0 Å². The Morgan fingerprint density at radius 3 is 2.73 bits per heavy atom. The average molecular weight is 207 g/mol. The lowest BCUT2D eigenvalue weighted by molar-refractivity contribution is 0.317. The van der Waals surface area contributed by atoms with Gasteiger partial charge >= 0.3 is 0 Å². The van der Waals surface area contributed by atoms with Crippen molar-refractivity contribution in [2.45, 2.75) is 25.2 Å². The third-order valence-corrected chi connectivity index (χ3v) is 3.12. The van der Waals surface area contributed by atoms with E-state index in [0.29, 0.717) is 18.9 Å². The predicted molar refractivity (Wildman–Crippen MR) is 59.2 cm³/mol. The van der Waals surface area contributed by atoms with Gasteiger partial charge in [0.05, 0.1) is 6.61 Å².